The summed E-state index contributed by atoms with van der Waals surface area (Å²) in [5, 5.41) is 2.73. The van der Waals surface area contributed by atoms with Crippen molar-refractivity contribution in [1.29, 1.82) is 0 Å². The normalized spacial score (nSPS) is 20.0. The molecule has 0 bridgehead atoms. The molecule has 0 saturated heterocycles. The molecule has 2 aliphatic rings. The van der Waals surface area contributed by atoms with Gasteiger partial charge in [-0.25, -0.2) is 0 Å². The Bertz CT molecular complexity index is 380. The Morgan fingerprint density at radius 3 is 3.00 bits per heavy atom. The molecule has 4 nitrogen and oxygen atoms in total. The van der Waals surface area contributed by atoms with Crippen molar-refractivity contribution in [3.05, 3.63) is 48.3 Å². The lowest BCUT2D eigenvalue weighted by molar-refractivity contribution is -0.110. The topological polar surface area (TPSA) is 47.6 Å². The van der Waals surface area contributed by atoms with Gasteiger partial charge in [0.2, 0.25) is 6.41 Å². The van der Waals surface area contributed by atoms with E-state index in [1.165, 1.54) is 18.8 Å². The molecule has 1 unspecified atom stereocenters. The van der Waals surface area contributed by atoms with Gasteiger partial charge in [0, 0.05) is 0 Å². The predicted octanol–water partition coefficient (Wildman–Crippen LogP) is 1.74. The lowest BCUT2D eigenvalue weighted by Gasteiger charge is -2.23. The van der Waals surface area contributed by atoms with Crippen LogP contribution in [-0.2, 0) is 14.3 Å². The number of hydrogen-bond donors (Lipinski definition) is 1. The van der Waals surface area contributed by atoms with E-state index in [4.69, 9.17) is 9.47 Å². The Morgan fingerprint density at radius 1 is 1.44 bits per heavy atom. The highest BCUT2D eigenvalue weighted by Gasteiger charge is 2.21. The first kappa shape index (κ1) is 10.5. The van der Waals surface area contributed by atoms with Gasteiger partial charge in [-0.1, -0.05) is 18.2 Å². The Morgan fingerprint density at radius 2 is 2.38 bits per heavy atom. The molecule has 2 rings (SSSR count). The van der Waals surface area contributed by atoms with E-state index in [0.29, 0.717) is 12.2 Å². The maximum Gasteiger partial charge on any atom is 0.207 e. The summed E-state index contributed by atoms with van der Waals surface area (Å²) in [6.45, 7) is 0. The van der Waals surface area contributed by atoms with Gasteiger partial charge in [0.25, 0.3) is 0 Å². The van der Waals surface area contributed by atoms with Crippen molar-refractivity contribution in [1.82, 2.24) is 5.32 Å². The van der Waals surface area contributed by atoms with Gasteiger partial charge in [0.1, 0.15) is 24.8 Å². The molecule has 0 fully saturated rings. The second-order valence-corrected chi connectivity index (χ2v) is 3.47. The summed E-state index contributed by atoms with van der Waals surface area (Å²) in [6, 6.07) is -0.243. The third kappa shape index (κ3) is 2.34. The average molecular weight is 219 g/mol. The number of carbonyl (C=O) groups excluding carboxylic acids is 1. The van der Waals surface area contributed by atoms with Crippen molar-refractivity contribution in [2.75, 3.05) is 0 Å². The summed E-state index contributed by atoms with van der Waals surface area (Å²) in [7, 11) is 0. The van der Waals surface area contributed by atoms with E-state index in [1.54, 1.807) is 0 Å². The Kier molecular flexibility index (Phi) is 3.43. The van der Waals surface area contributed by atoms with E-state index in [9.17, 15) is 4.79 Å². The van der Waals surface area contributed by atoms with Gasteiger partial charge in [-0.3, -0.25) is 4.79 Å². The van der Waals surface area contributed by atoms with Crippen LogP contribution in [0.1, 0.15) is 12.8 Å². The second kappa shape index (κ2) is 5.21. The van der Waals surface area contributed by atoms with Gasteiger partial charge in [-0.2, -0.15) is 0 Å². The number of rotatable bonds is 4. The lowest BCUT2D eigenvalue weighted by atomic mass is 9.97. The largest absolute Gasteiger partial charge is 0.466 e. The van der Waals surface area contributed by atoms with Gasteiger partial charge in [0.05, 0.1) is 0 Å². The molecule has 0 aromatic carbocycles. The highest BCUT2D eigenvalue weighted by molar-refractivity contribution is 5.50. The van der Waals surface area contributed by atoms with Gasteiger partial charge >= 0.3 is 0 Å². The van der Waals surface area contributed by atoms with E-state index in [2.05, 4.69) is 11.4 Å². The molecule has 1 aliphatic heterocycles. The second-order valence-electron chi connectivity index (χ2n) is 3.47. The Balaban J connectivity index is 2.15. The van der Waals surface area contributed by atoms with Crippen LogP contribution in [-0.4, -0.2) is 12.5 Å². The summed E-state index contributed by atoms with van der Waals surface area (Å²) in [6.07, 6.45) is 13.0. The monoisotopic (exact) mass is 219 g/mol. The molecule has 84 valence electrons. The van der Waals surface area contributed by atoms with Crippen LogP contribution in [0.2, 0.25) is 0 Å². The van der Waals surface area contributed by atoms with E-state index >= 15 is 0 Å². The average Bonchev–Trinajstić information content (AvgIpc) is 2.38. The van der Waals surface area contributed by atoms with Crippen LogP contribution in [0.15, 0.2) is 48.3 Å². The Hall–Kier alpha value is -1.97. The lowest BCUT2D eigenvalue weighted by Crippen LogP contribution is -2.33. The van der Waals surface area contributed by atoms with Crippen LogP contribution >= 0.6 is 0 Å². The number of allylic oxidation sites excluding steroid dienone is 3. The molecule has 0 spiro atoms. The minimum absolute atomic E-state index is 0.243. The van der Waals surface area contributed by atoms with Gasteiger partial charge < -0.3 is 14.8 Å². The number of amides is 1. The van der Waals surface area contributed by atoms with Crippen molar-refractivity contribution in [2.24, 2.45) is 0 Å². The van der Waals surface area contributed by atoms with E-state index < -0.39 is 0 Å². The van der Waals surface area contributed by atoms with Crippen molar-refractivity contribution in [3.63, 3.8) is 0 Å². The zero-order chi connectivity index (χ0) is 11.2. The minimum atomic E-state index is -0.243. The SMILES string of the molecule is O=CNC(C1=CC=CCC1)C1=COC=CO1. The van der Waals surface area contributed by atoms with Crippen molar-refractivity contribution >= 4 is 6.41 Å². The predicted molar refractivity (Wildman–Crippen MR) is 58.8 cm³/mol. The van der Waals surface area contributed by atoms with Gasteiger partial charge in [-0.15, -0.1) is 0 Å². The molecule has 1 N–H and O–H groups in total. The molecule has 16 heavy (non-hydrogen) atoms. The third-order valence-corrected chi connectivity index (χ3v) is 2.46. The minimum Gasteiger partial charge on any atom is -0.466 e. The highest BCUT2D eigenvalue weighted by atomic mass is 16.5. The van der Waals surface area contributed by atoms with Crippen LogP contribution in [0.25, 0.3) is 0 Å². The first-order valence-electron chi connectivity index (χ1n) is 5.14. The maximum atomic E-state index is 10.6. The number of nitrogens with one attached hydrogen (secondary N) is 1. The molecule has 0 radical (unpaired) electrons. The molecular weight excluding hydrogens is 206 g/mol. The first-order valence-corrected chi connectivity index (χ1v) is 5.14. The quantitative estimate of drug-likeness (QED) is 0.732. The van der Waals surface area contributed by atoms with Crippen LogP contribution in [0, 0.1) is 0 Å². The molecule has 0 saturated carbocycles. The number of hydrogen-bond acceptors (Lipinski definition) is 3. The van der Waals surface area contributed by atoms with Crippen molar-refractivity contribution in [3.8, 4) is 0 Å². The van der Waals surface area contributed by atoms with Crippen LogP contribution in [0.4, 0.5) is 0 Å². The van der Waals surface area contributed by atoms with Crippen molar-refractivity contribution < 1.29 is 14.3 Å². The molecular formula is C12H13NO3. The zero-order valence-corrected chi connectivity index (χ0v) is 8.76. The summed E-state index contributed by atoms with van der Waals surface area (Å²) in [4.78, 5) is 10.6. The fourth-order valence-corrected chi connectivity index (χ4v) is 1.71. The van der Waals surface area contributed by atoms with Crippen LogP contribution in [0.5, 0.6) is 0 Å². The molecule has 1 atom stereocenters. The fourth-order valence-electron chi connectivity index (χ4n) is 1.71. The molecule has 0 aromatic rings. The fraction of sp³-hybridized carbons (Fsp3) is 0.250. The van der Waals surface area contributed by atoms with E-state index in [0.717, 1.165) is 18.4 Å². The smallest absolute Gasteiger partial charge is 0.207 e. The summed E-state index contributed by atoms with van der Waals surface area (Å²) >= 11 is 0. The molecule has 1 aliphatic carbocycles. The summed E-state index contributed by atoms with van der Waals surface area (Å²) < 4.78 is 10.3. The molecule has 0 aromatic heterocycles. The van der Waals surface area contributed by atoms with Gasteiger partial charge in [-0.05, 0) is 18.4 Å². The first-order chi connectivity index (χ1) is 7.92. The standard InChI is InChI=1S/C12H13NO3/c14-9-13-12(10-4-2-1-3-5-10)11-8-15-6-7-16-11/h1-2,4,6-9,12H,3,5H2,(H,13,14). The van der Waals surface area contributed by atoms with E-state index in [1.807, 2.05) is 12.2 Å². The molecule has 4 heteroatoms. The van der Waals surface area contributed by atoms with Crippen LogP contribution < -0.4 is 5.32 Å². The molecule has 1 amide bonds. The molecule has 1 heterocycles. The summed E-state index contributed by atoms with van der Waals surface area (Å²) in [5.41, 5.74) is 1.11. The number of ether oxygens (including phenoxy) is 2. The van der Waals surface area contributed by atoms with E-state index in [-0.39, 0.29) is 6.04 Å². The number of carbonyl (C=O) groups is 1. The third-order valence-electron chi connectivity index (χ3n) is 2.46. The maximum absolute atomic E-state index is 10.6. The van der Waals surface area contributed by atoms with Gasteiger partial charge in [0.15, 0.2) is 5.76 Å². The highest BCUT2D eigenvalue weighted by Crippen LogP contribution is 2.22. The van der Waals surface area contributed by atoms with Crippen molar-refractivity contribution in [2.45, 2.75) is 18.9 Å². The van der Waals surface area contributed by atoms with Crippen LogP contribution in [0.3, 0.4) is 0 Å². The summed E-state index contributed by atoms with van der Waals surface area (Å²) in [5.74, 6) is 0.594. The zero-order valence-electron chi connectivity index (χ0n) is 8.76. The Labute approximate surface area is 93.9 Å².